The van der Waals surface area contributed by atoms with Crippen LogP contribution < -0.4 is 30.7 Å². The summed E-state index contributed by atoms with van der Waals surface area (Å²) in [5, 5.41) is 6.62. The standard InChI is InChI=1S/C25H41N7O4/c1-3-5-11-32(12-6-4-2)25-30-23(27-10-14-34-16-15-33-13-9-26)29-24(31-25)28-18-20-7-8-21-22(17-20)36-19-35-21/h7-8,17H,3-6,9-16,18-19,26H2,1-2H3,(H2,27,28,29,30,31). The maximum absolute atomic E-state index is 5.61. The van der Waals surface area contributed by atoms with Gasteiger partial charge >= 0.3 is 0 Å². The molecule has 1 aliphatic heterocycles. The van der Waals surface area contributed by atoms with Gasteiger partial charge in [-0.15, -0.1) is 0 Å². The van der Waals surface area contributed by atoms with Gasteiger partial charge in [0.1, 0.15) is 0 Å². The Labute approximate surface area is 214 Å². The van der Waals surface area contributed by atoms with E-state index in [0.29, 0.717) is 63.9 Å². The summed E-state index contributed by atoms with van der Waals surface area (Å²) in [5.74, 6) is 3.25. The number of fused-ring (bicyclic) bond motifs is 1. The molecule has 0 saturated carbocycles. The minimum Gasteiger partial charge on any atom is -0.454 e. The molecule has 2 heterocycles. The van der Waals surface area contributed by atoms with Crippen molar-refractivity contribution < 1.29 is 18.9 Å². The van der Waals surface area contributed by atoms with Gasteiger partial charge < -0.3 is 40.2 Å². The van der Waals surface area contributed by atoms with Crippen molar-refractivity contribution in [2.75, 3.05) is 74.9 Å². The second kappa shape index (κ2) is 16.0. The largest absolute Gasteiger partial charge is 0.454 e. The summed E-state index contributed by atoms with van der Waals surface area (Å²) >= 11 is 0. The van der Waals surface area contributed by atoms with Crippen LogP contribution in [0.4, 0.5) is 17.8 Å². The molecule has 11 heteroatoms. The molecule has 1 aliphatic rings. The normalized spacial score (nSPS) is 12.1. The number of hydrogen-bond donors (Lipinski definition) is 3. The molecule has 2 aromatic rings. The lowest BCUT2D eigenvalue weighted by atomic mass is 10.2. The molecule has 0 saturated heterocycles. The smallest absolute Gasteiger partial charge is 0.231 e. The van der Waals surface area contributed by atoms with Crippen LogP contribution in [0.2, 0.25) is 0 Å². The fourth-order valence-corrected chi connectivity index (χ4v) is 3.55. The van der Waals surface area contributed by atoms with Gasteiger partial charge in [0.15, 0.2) is 11.5 Å². The maximum Gasteiger partial charge on any atom is 0.231 e. The summed E-state index contributed by atoms with van der Waals surface area (Å²) in [6.45, 7) is 10.2. The van der Waals surface area contributed by atoms with Gasteiger partial charge in [-0.3, -0.25) is 0 Å². The number of hydrogen-bond acceptors (Lipinski definition) is 11. The van der Waals surface area contributed by atoms with Gasteiger partial charge in [-0.1, -0.05) is 32.8 Å². The van der Waals surface area contributed by atoms with Crippen LogP contribution in [-0.4, -0.2) is 74.4 Å². The third-order valence-electron chi connectivity index (χ3n) is 5.52. The summed E-state index contributed by atoms with van der Waals surface area (Å²) in [4.78, 5) is 16.3. The van der Waals surface area contributed by atoms with Crippen molar-refractivity contribution in [1.82, 2.24) is 15.0 Å². The molecule has 36 heavy (non-hydrogen) atoms. The zero-order valence-corrected chi connectivity index (χ0v) is 21.6. The van der Waals surface area contributed by atoms with Gasteiger partial charge in [-0.25, -0.2) is 0 Å². The molecule has 0 amide bonds. The van der Waals surface area contributed by atoms with Gasteiger partial charge in [0.2, 0.25) is 24.6 Å². The van der Waals surface area contributed by atoms with Crippen molar-refractivity contribution in [3.05, 3.63) is 23.8 Å². The summed E-state index contributed by atoms with van der Waals surface area (Å²) in [6.07, 6.45) is 4.39. The molecule has 1 aromatic heterocycles. The number of aromatic nitrogens is 3. The quantitative estimate of drug-likeness (QED) is 0.245. The molecule has 0 spiro atoms. The Hall–Kier alpha value is -2.89. The fourth-order valence-electron chi connectivity index (χ4n) is 3.55. The third-order valence-corrected chi connectivity index (χ3v) is 5.52. The zero-order chi connectivity index (χ0) is 25.4. The Kier molecular flexibility index (Phi) is 12.3. The van der Waals surface area contributed by atoms with Crippen molar-refractivity contribution in [2.24, 2.45) is 5.73 Å². The van der Waals surface area contributed by atoms with Crippen molar-refractivity contribution in [1.29, 1.82) is 0 Å². The number of nitrogens with two attached hydrogens (primary N) is 1. The van der Waals surface area contributed by atoms with E-state index in [2.05, 4.69) is 34.4 Å². The lowest BCUT2D eigenvalue weighted by molar-refractivity contribution is 0.0547. The number of nitrogens with zero attached hydrogens (tertiary/aromatic N) is 4. The highest BCUT2D eigenvalue weighted by atomic mass is 16.7. The van der Waals surface area contributed by atoms with Gasteiger partial charge in [-0.2, -0.15) is 15.0 Å². The molecule has 11 nitrogen and oxygen atoms in total. The van der Waals surface area contributed by atoms with E-state index in [1.807, 2.05) is 18.2 Å². The van der Waals surface area contributed by atoms with Crippen LogP contribution in [0.15, 0.2) is 18.2 Å². The molecule has 0 bridgehead atoms. The first-order chi connectivity index (χ1) is 17.7. The number of benzene rings is 1. The van der Waals surface area contributed by atoms with Gasteiger partial charge in [0.05, 0.1) is 26.4 Å². The molecule has 1 aromatic carbocycles. The van der Waals surface area contributed by atoms with Crippen LogP contribution in [0, 0.1) is 0 Å². The minimum atomic E-state index is 0.258. The second-order valence-corrected chi connectivity index (χ2v) is 8.46. The summed E-state index contributed by atoms with van der Waals surface area (Å²) < 4.78 is 21.8. The molecule has 0 unspecified atom stereocenters. The highest BCUT2D eigenvalue weighted by Gasteiger charge is 2.15. The third kappa shape index (κ3) is 9.29. The highest BCUT2D eigenvalue weighted by Crippen LogP contribution is 2.32. The highest BCUT2D eigenvalue weighted by molar-refractivity contribution is 5.47. The van der Waals surface area contributed by atoms with Crippen molar-refractivity contribution in [3.8, 4) is 11.5 Å². The zero-order valence-electron chi connectivity index (χ0n) is 21.6. The Bertz CT molecular complexity index is 895. The second-order valence-electron chi connectivity index (χ2n) is 8.46. The van der Waals surface area contributed by atoms with Crippen LogP contribution in [0.25, 0.3) is 0 Å². The van der Waals surface area contributed by atoms with E-state index in [9.17, 15) is 0 Å². The molecule has 0 atom stereocenters. The Morgan fingerprint density at radius 1 is 0.889 bits per heavy atom. The van der Waals surface area contributed by atoms with Gasteiger partial charge in [0.25, 0.3) is 0 Å². The van der Waals surface area contributed by atoms with E-state index in [-0.39, 0.29) is 6.79 Å². The first kappa shape index (κ1) is 27.7. The Morgan fingerprint density at radius 2 is 1.58 bits per heavy atom. The fraction of sp³-hybridized carbons (Fsp3) is 0.640. The number of rotatable bonds is 19. The van der Waals surface area contributed by atoms with Crippen LogP contribution >= 0.6 is 0 Å². The number of unbranched alkanes of at least 4 members (excludes halogenated alkanes) is 2. The van der Waals surface area contributed by atoms with Crippen LogP contribution in [-0.2, 0) is 16.0 Å². The summed E-state index contributed by atoms with van der Waals surface area (Å²) in [5.41, 5.74) is 6.47. The predicted octanol–water partition coefficient (Wildman–Crippen LogP) is 3.02. The topological polar surface area (TPSA) is 129 Å². The molecular formula is C25H41N7O4. The SMILES string of the molecule is CCCCN(CCCC)c1nc(NCCOCCOCCN)nc(NCc2ccc3c(c2)OCO3)n1. The Balaban J connectivity index is 1.64. The van der Waals surface area contributed by atoms with E-state index in [4.69, 9.17) is 34.6 Å². The minimum absolute atomic E-state index is 0.258. The lowest BCUT2D eigenvalue weighted by Crippen LogP contribution is -2.28. The number of ether oxygens (including phenoxy) is 4. The summed E-state index contributed by atoms with van der Waals surface area (Å²) in [7, 11) is 0. The Morgan fingerprint density at radius 3 is 2.31 bits per heavy atom. The van der Waals surface area contributed by atoms with Crippen molar-refractivity contribution in [3.63, 3.8) is 0 Å². The predicted molar refractivity (Wildman–Crippen MR) is 141 cm³/mol. The monoisotopic (exact) mass is 503 g/mol. The first-order valence-corrected chi connectivity index (χ1v) is 13.0. The molecule has 0 fully saturated rings. The average molecular weight is 504 g/mol. The van der Waals surface area contributed by atoms with E-state index in [1.54, 1.807) is 0 Å². The van der Waals surface area contributed by atoms with Crippen LogP contribution in [0.1, 0.15) is 45.1 Å². The van der Waals surface area contributed by atoms with Gasteiger partial charge in [-0.05, 0) is 30.5 Å². The maximum atomic E-state index is 5.61. The van der Waals surface area contributed by atoms with Crippen molar-refractivity contribution in [2.45, 2.75) is 46.1 Å². The van der Waals surface area contributed by atoms with Crippen LogP contribution in [0.3, 0.4) is 0 Å². The molecule has 0 aliphatic carbocycles. The summed E-state index contributed by atoms with van der Waals surface area (Å²) in [6, 6.07) is 5.90. The van der Waals surface area contributed by atoms with E-state index in [1.165, 1.54) is 0 Å². The van der Waals surface area contributed by atoms with E-state index >= 15 is 0 Å². The molecule has 3 rings (SSSR count). The number of nitrogens with one attached hydrogen (secondary N) is 2. The average Bonchev–Trinajstić information content (AvgIpc) is 3.37. The van der Waals surface area contributed by atoms with Gasteiger partial charge in [0, 0.05) is 32.7 Å². The van der Waals surface area contributed by atoms with Crippen LogP contribution in [0.5, 0.6) is 11.5 Å². The first-order valence-electron chi connectivity index (χ1n) is 13.0. The van der Waals surface area contributed by atoms with E-state index in [0.717, 1.165) is 55.8 Å². The molecule has 4 N–H and O–H groups in total. The molecular weight excluding hydrogens is 462 g/mol. The molecule has 0 radical (unpaired) electrons. The molecule has 200 valence electrons. The van der Waals surface area contributed by atoms with Crippen molar-refractivity contribution >= 4 is 17.8 Å². The lowest BCUT2D eigenvalue weighted by Gasteiger charge is -2.23. The van der Waals surface area contributed by atoms with E-state index < -0.39 is 0 Å². The number of anilines is 3.